The molecule has 1 unspecified atom stereocenters. The van der Waals surface area contributed by atoms with Gasteiger partial charge >= 0.3 is 0 Å². The summed E-state index contributed by atoms with van der Waals surface area (Å²) in [6.45, 7) is 2.26. The fraction of sp³-hybridized carbons (Fsp3) is 0.579. The minimum absolute atomic E-state index is 0.0954. The molecule has 1 aromatic rings. The number of hydrogen-bond donors (Lipinski definition) is 0. The topological polar surface area (TPSA) is 0 Å². The fourth-order valence-electron chi connectivity index (χ4n) is 2.23. The maximum Gasteiger partial charge on any atom is 0.0313 e. The van der Waals surface area contributed by atoms with Crippen LogP contribution in [0.3, 0.4) is 0 Å². The number of aryl methyl sites for hydroxylation is 1. The van der Waals surface area contributed by atoms with Crippen molar-refractivity contribution in [2.24, 2.45) is 0 Å². The smallest absolute Gasteiger partial charge is 0.0313 e. The van der Waals surface area contributed by atoms with E-state index in [1.807, 2.05) is 18.2 Å². The van der Waals surface area contributed by atoms with Crippen LogP contribution in [0, 0.1) is 0 Å². The lowest BCUT2D eigenvalue weighted by molar-refractivity contribution is 0.592. The van der Waals surface area contributed by atoms with Crippen LogP contribution in [0.2, 0.25) is 0 Å². The first-order valence-electron chi connectivity index (χ1n) is 8.53. The Bertz CT molecular complexity index is 342. The first-order valence-corrected chi connectivity index (χ1v) is 7.95. The third-order valence-corrected chi connectivity index (χ3v) is 3.44. The highest BCUT2D eigenvalue weighted by Crippen LogP contribution is 2.09. The number of hydrogen-bond acceptors (Lipinski definition) is 0. The molecule has 0 aromatic heterocycles. The Balaban J connectivity index is 2.00. The summed E-state index contributed by atoms with van der Waals surface area (Å²) < 4.78 is 8.02. The van der Waals surface area contributed by atoms with Crippen LogP contribution in [0.15, 0.2) is 42.5 Å². The standard InChI is InChI=1S/C19H30/c1-2-3-4-5-6-7-8-9-10-11-13-16-19-17-14-12-15-18-19/h10-12,14-15,17-18H,2-9,13,16H2,1H3/i13D. The molecule has 19 heavy (non-hydrogen) atoms. The summed E-state index contributed by atoms with van der Waals surface area (Å²) in [6, 6.07) is 10.3. The van der Waals surface area contributed by atoms with Gasteiger partial charge in [-0.05, 0) is 31.2 Å². The van der Waals surface area contributed by atoms with Crippen molar-refractivity contribution in [1.29, 1.82) is 0 Å². The van der Waals surface area contributed by atoms with E-state index in [-0.39, 0.29) is 6.40 Å². The van der Waals surface area contributed by atoms with Gasteiger partial charge in [0.1, 0.15) is 0 Å². The molecule has 0 aliphatic carbocycles. The van der Waals surface area contributed by atoms with Gasteiger partial charge in [0.25, 0.3) is 0 Å². The normalized spacial score (nSPS) is 13.6. The molecule has 1 rings (SSSR count). The van der Waals surface area contributed by atoms with Crippen molar-refractivity contribution in [2.45, 2.75) is 71.1 Å². The van der Waals surface area contributed by atoms with Crippen LogP contribution in [-0.4, -0.2) is 0 Å². The molecule has 0 fully saturated rings. The molecule has 0 saturated carbocycles. The summed E-state index contributed by atoms with van der Waals surface area (Å²) in [5, 5.41) is 0. The molecule has 0 nitrogen and oxygen atoms in total. The van der Waals surface area contributed by atoms with Gasteiger partial charge in [0.2, 0.25) is 0 Å². The quantitative estimate of drug-likeness (QED) is 0.322. The predicted octanol–water partition coefficient (Wildman–Crippen LogP) is 6.32. The van der Waals surface area contributed by atoms with E-state index in [2.05, 4.69) is 31.2 Å². The monoisotopic (exact) mass is 259 g/mol. The maximum atomic E-state index is 8.02. The van der Waals surface area contributed by atoms with Crippen molar-refractivity contribution in [3.63, 3.8) is 0 Å². The van der Waals surface area contributed by atoms with Crippen molar-refractivity contribution >= 4 is 0 Å². The van der Waals surface area contributed by atoms with E-state index in [0.717, 1.165) is 12.8 Å². The van der Waals surface area contributed by atoms with Crippen LogP contribution >= 0.6 is 0 Å². The summed E-state index contributed by atoms with van der Waals surface area (Å²) in [7, 11) is 0. The molecule has 0 heteroatoms. The minimum Gasteiger partial charge on any atom is -0.0885 e. The van der Waals surface area contributed by atoms with E-state index in [1.165, 1.54) is 50.5 Å². The number of unbranched alkanes of at least 4 members (excludes halogenated alkanes) is 7. The number of benzene rings is 1. The van der Waals surface area contributed by atoms with Crippen LogP contribution in [0.4, 0.5) is 0 Å². The summed E-state index contributed by atoms with van der Waals surface area (Å²) in [5.74, 6) is 0. The predicted molar refractivity (Wildman–Crippen MR) is 86.5 cm³/mol. The molecule has 0 bridgehead atoms. The maximum absolute atomic E-state index is 8.02. The Morgan fingerprint density at radius 2 is 1.58 bits per heavy atom. The van der Waals surface area contributed by atoms with Crippen LogP contribution in [-0.2, 0) is 6.42 Å². The number of allylic oxidation sites excluding steroid dienone is 2. The molecule has 0 radical (unpaired) electrons. The second kappa shape index (κ2) is 12.0. The van der Waals surface area contributed by atoms with Crippen molar-refractivity contribution in [3.8, 4) is 0 Å². The molecule has 0 aliphatic heterocycles. The third kappa shape index (κ3) is 9.53. The van der Waals surface area contributed by atoms with Gasteiger partial charge in [-0.3, -0.25) is 0 Å². The zero-order chi connectivity index (χ0) is 14.5. The van der Waals surface area contributed by atoms with Crippen molar-refractivity contribution in [1.82, 2.24) is 0 Å². The molecular weight excluding hydrogens is 228 g/mol. The lowest BCUT2D eigenvalue weighted by Gasteiger charge is -1.99. The molecular formula is C19H30. The van der Waals surface area contributed by atoms with Gasteiger partial charge in [-0.15, -0.1) is 0 Å². The molecule has 0 aliphatic rings. The van der Waals surface area contributed by atoms with Gasteiger partial charge in [0.15, 0.2) is 0 Å². The highest BCUT2D eigenvalue weighted by Gasteiger charge is 1.90. The van der Waals surface area contributed by atoms with E-state index in [0.29, 0.717) is 0 Å². The molecule has 1 aromatic carbocycles. The molecule has 0 heterocycles. The van der Waals surface area contributed by atoms with E-state index >= 15 is 0 Å². The Labute approximate surface area is 121 Å². The zero-order valence-electron chi connectivity index (χ0n) is 13.5. The lowest BCUT2D eigenvalue weighted by Crippen LogP contribution is -1.81. The summed E-state index contributed by atoms with van der Waals surface area (Å²) in [6.07, 6.45) is 15.6. The van der Waals surface area contributed by atoms with E-state index in [1.54, 1.807) is 0 Å². The van der Waals surface area contributed by atoms with Crippen LogP contribution in [0.5, 0.6) is 0 Å². The van der Waals surface area contributed by atoms with Gasteiger partial charge in [-0.1, -0.05) is 87.9 Å². The fourth-order valence-corrected chi connectivity index (χ4v) is 2.23. The van der Waals surface area contributed by atoms with Crippen LogP contribution in [0.1, 0.15) is 71.6 Å². The molecule has 0 saturated heterocycles. The average Bonchev–Trinajstić information content (AvgIpc) is 2.46. The van der Waals surface area contributed by atoms with Crippen molar-refractivity contribution < 1.29 is 1.37 Å². The third-order valence-electron chi connectivity index (χ3n) is 3.44. The molecule has 0 amide bonds. The first-order chi connectivity index (χ1) is 9.83. The Morgan fingerprint density at radius 3 is 2.32 bits per heavy atom. The van der Waals surface area contributed by atoms with Crippen molar-refractivity contribution in [3.05, 3.63) is 48.0 Å². The lowest BCUT2D eigenvalue weighted by atomic mass is 10.1. The Kier molecular flexibility index (Phi) is 9.09. The van der Waals surface area contributed by atoms with E-state index < -0.39 is 0 Å². The van der Waals surface area contributed by atoms with Gasteiger partial charge < -0.3 is 0 Å². The van der Waals surface area contributed by atoms with Crippen LogP contribution in [0.25, 0.3) is 0 Å². The van der Waals surface area contributed by atoms with Crippen molar-refractivity contribution in [2.75, 3.05) is 0 Å². The minimum atomic E-state index is -0.0954. The number of rotatable bonds is 11. The summed E-state index contributed by atoms with van der Waals surface area (Å²) in [4.78, 5) is 0. The highest BCUT2D eigenvalue weighted by molar-refractivity contribution is 5.15. The van der Waals surface area contributed by atoms with Gasteiger partial charge in [0, 0.05) is 1.37 Å². The SMILES string of the molecule is [2H]C(C=CCCCCCCCCC)Cc1ccccc1. The largest absolute Gasteiger partial charge is 0.0885 e. The van der Waals surface area contributed by atoms with Crippen LogP contribution < -0.4 is 0 Å². The molecule has 0 N–H and O–H groups in total. The molecule has 106 valence electrons. The van der Waals surface area contributed by atoms with Gasteiger partial charge in [0.05, 0.1) is 0 Å². The Morgan fingerprint density at radius 1 is 0.895 bits per heavy atom. The van der Waals surface area contributed by atoms with Gasteiger partial charge in [-0.2, -0.15) is 0 Å². The van der Waals surface area contributed by atoms with E-state index in [9.17, 15) is 0 Å². The highest BCUT2D eigenvalue weighted by atomic mass is 14.0. The van der Waals surface area contributed by atoms with E-state index in [4.69, 9.17) is 1.37 Å². The zero-order valence-corrected chi connectivity index (χ0v) is 12.5. The second-order valence-electron chi connectivity index (χ2n) is 5.26. The summed E-state index contributed by atoms with van der Waals surface area (Å²) in [5.41, 5.74) is 1.26. The Hall–Kier alpha value is -1.04. The second-order valence-corrected chi connectivity index (χ2v) is 5.26. The average molecular weight is 259 g/mol. The first kappa shape index (κ1) is 14.4. The molecule has 0 spiro atoms. The van der Waals surface area contributed by atoms with Gasteiger partial charge in [-0.25, -0.2) is 0 Å². The summed E-state index contributed by atoms with van der Waals surface area (Å²) >= 11 is 0. The molecule has 1 atom stereocenters.